The highest BCUT2D eigenvalue weighted by molar-refractivity contribution is 5.51. The molecule has 1 saturated heterocycles. The van der Waals surface area contributed by atoms with Crippen molar-refractivity contribution in [2.75, 3.05) is 31.6 Å². The van der Waals surface area contributed by atoms with E-state index in [4.69, 9.17) is 4.74 Å². The Morgan fingerprint density at radius 1 is 1.67 bits per heavy atom. The molecule has 1 aromatic rings. The first-order valence-electron chi connectivity index (χ1n) is 6.36. The SMILES string of the molecule is CCNC1CCCN(c2nc[nH]c(=O)c2OC)C1. The van der Waals surface area contributed by atoms with Crippen LogP contribution in [0.1, 0.15) is 19.8 Å². The van der Waals surface area contributed by atoms with Crippen molar-refractivity contribution in [3.8, 4) is 5.75 Å². The summed E-state index contributed by atoms with van der Waals surface area (Å²) >= 11 is 0. The monoisotopic (exact) mass is 252 g/mol. The number of anilines is 1. The summed E-state index contributed by atoms with van der Waals surface area (Å²) in [6.45, 7) is 4.83. The number of methoxy groups -OCH3 is 1. The molecule has 0 bridgehead atoms. The number of aromatic amines is 1. The highest BCUT2D eigenvalue weighted by Gasteiger charge is 2.23. The molecule has 2 rings (SSSR count). The van der Waals surface area contributed by atoms with E-state index in [0.717, 1.165) is 32.5 Å². The lowest BCUT2D eigenvalue weighted by molar-refractivity contribution is 0.394. The van der Waals surface area contributed by atoms with Crippen LogP contribution in [0.15, 0.2) is 11.1 Å². The van der Waals surface area contributed by atoms with Crippen molar-refractivity contribution in [2.24, 2.45) is 0 Å². The molecule has 2 N–H and O–H groups in total. The molecule has 0 aromatic carbocycles. The van der Waals surface area contributed by atoms with E-state index < -0.39 is 0 Å². The highest BCUT2D eigenvalue weighted by atomic mass is 16.5. The van der Waals surface area contributed by atoms with Gasteiger partial charge in [-0.3, -0.25) is 4.79 Å². The zero-order chi connectivity index (χ0) is 13.0. The fraction of sp³-hybridized carbons (Fsp3) is 0.667. The summed E-state index contributed by atoms with van der Waals surface area (Å²) in [6.07, 6.45) is 3.68. The molecular weight excluding hydrogens is 232 g/mol. The minimum atomic E-state index is -0.229. The second kappa shape index (κ2) is 5.86. The Morgan fingerprint density at radius 3 is 3.22 bits per heavy atom. The van der Waals surface area contributed by atoms with Crippen LogP contribution in [-0.4, -0.2) is 42.8 Å². The van der Waals surface area contributed by atoms with E-state index in [1.807, 2.05) is 0 Å². The van der Waals surface area contributed by atoms with Gasteiger partial charge in [-0.1, -0.05) is 6.92 Å². The predicted molar refractivity (Wildman–Crippen MR) is 70.3 cm³/mol. The minimum Gasteiger partial charge on any atom is -0.489 e. The minimum absolute atomic E-state index is 0.229. The average Bonchev–Trinajstić information content (AvgIpc) is 2.39. The van der Waals surface area contributed by atoms with Crippen LogP contribution in [0, 0.1) is 0 Å². The molecule has 1 aliphatic rings. The normalized spacial score (nSPS) is 19.9. The van der Waals surface area contributed by atoms with Crippen LogP contribution in [0.2, 0.25) is 0 Å². The van der Waals surface area contributed by atoms with Gasteiger partial charge in [-0.2, -0.15) is 0 Å². The van der Waals surface area contributed by atoms with Crippen LogP contribution in [0.25, 0.3) is 0 Å². The van der Waals surface area contributed by atoms with E-state index in [-0.39, 0.29) is 5.56 Å². The largest absolute Gasteiger partial charge is 0.489 e. The fourth-order valence-electron chi connectivity index (χ4n) is 2.41. The molecule has 2 heterocycles. The van der Waals surface area contributed by atoms with Crippen LogP contribution < -0.4 is 20.5 Å². The van der Waals surface area contributed by atoms with Crippen molar-refractivity contribution >= 4 is 5.82 Å². The fourth-order valence-corrected chi connectivity index (χ4v) is 2.41. The Balaban J connectivity index is 2.20. The molecule has 100 valence electrons. The van der Waals surface area contributed by atoms with Gasteiger partial charge >= 0.3 is 0 Å². The number of H-pyrrole nitrogens is 1. The van der Waals surface area contributed by atoms with Gasteiger partial charge in [0, 0.05) is 19.1 Å². The van der Waals surface area contributed by atoms with Crippen molar-refractivity contribution in [1.29, 1.82) is 0 Å². The van der Waals surface area contributed by atoms with E-state index in [9.17, 15) is 4.79 Å². The van der Waals surface area contributed by atoms with E-state index in [0.29, 0.717) is 17.6 Å². The first-order valence-corrected chi connectivity index (χ1v) is 6.36. The number of nitrogens with one attached hydrogen (secondary N) is 2. The Kier molecular flexibility index (Phi) is 4.19. The summed E-state index contributed by atoms with van der Waals surface area (Å²) in [5.74, 6) is 0.943. The summed E-state index contributed by atoms with van der Waals surface area (Å²) in [6, 6.07) is 0.453. The van der Waals surface area contributed by atoms with Gasteiger partial charge in [0.15, 0.2) is 5.82 Å². The van der Waals surface area contributed by atoms with Crippen LogP contribution in [0.4, 0.5) is 5.82 Å². The Bertz CT molecular complexity index is 444. The first kappa shape index (κ1) is 12.9. The molecule has 0 spiro atoms. The molecule has 1 aromatic heterocycles. The third-order valence-electron chi connectivity index (χ3n) is 3.21. The number of hydrogen-bond donors (Lipinski definition) is 2. The third kappa shape index (κ3) is 2.64. The highest BCUT2D eigenvalue weighted by Crippen LogP contribution is 2.23. The molecule has 6 nitrogen and oxygen atoms in total. The van der Waals surface area contributed by atoms with Crippen molar-refractivity contribution in [2.45, 2.75) is 25.8 Å². The summed E-state index contributed by atoms with van der Waals surface area (Å²) < 4.78 is 5.16. The van der Waals surface area contributed by atoms with Gasteiger partial charge < -0.3 is 19.9 Å². The van der Waals surface area contributed by atoms with Crippen LogP contribution in [0.5, 0.6) is 5.75 Å². The van der Waals surface area contributed by atoms with Gasteiger partial charge in [0.1, 0.15) is 0 Å². The lowest BCUT2D eigenvalue weighted by atomic mass is 10.1. The van der Waals surface area contributed by atoms with Gasteiger partial charge in [0.25, 0.3) is 5.56 Å². The number of aromatic nitrogens is 2. The lowest BCUT2D eigenvalue weighted by Crippen LogP contribution is -2.46. The van der Waals surface area contributed by atoms with Crippen molar-refractivity contribution in [3.63, 3.8) is 0 Å². The molecule has 1 unspecified atom stereocenters. The molecule has 1 atom stereocenters. The van der Waals surface area contributed by atoms with Crippen molar-refractivity contribution in [1.82, 2.24) is 15.3 Å². The zero-order valence-electron chi connectivity index (χ0n) is 10.9. The molecule has 1 fully saturated rings. The molecular formula is C12H20N4O2. The maximum atomic E-state index is 11.7. The maximum absolute atomic E-state index is 11.7. The molecule has 6 heteroatoms. The molecule has 0 saturated carbocycles. The maximum Gasteiger partial charge on any atom is 0.295 e. The molecule has 18 heavy (non-hydrogen) atoms. The van der Waals surface area contributed by atoms with E-state index >= 15 is 0 Å². The molecule has 0 amide bonds. The van der Waals surface area contributed by atoms with E-state index in [1.165, 1.54) is 13.4 Å². The summed E-state index contributed by atoms with van der Waals surface area (Å²) in [4.78, 5) is 20.6. The second-order valence-corrected chi connectivity index (χ2v) is 4.43. The average molecular weight is 252 g/mol. The number of likely N-dealkylation sites (N-methyl/N-ethyl adjacent to an activating group) is 1. The standard InChI is InChI=1S/C12H20N4O2/c1-3-13-9-5-4-6-16(7-9)11-10(18-2)12(17)15-8-14-11/h8-9,13H,3-7H2,1-2H3,(H,14,15,17). The molecule has 1 aliphatic heterocycles. The lowest BCUT2D eigenvalue weighted by Gasteiger charge is -2.34. The van der Waals surface area contributed by atoms with E-state index in [2.05, 4.69) is 27.1 Å². The molecule has 0 radical (unpaired) electrons. The topological polar surface area (TPSA) is 70.2 Å². The van der Waals surface area contributed by atoms with Gasteiger partial charge in [-0.25, -0.2) is 4.98 Å². The smallest absolute Gasteiger partial charge is 0.295 e. The van der Waals surface area contributed by atoms with Crippen molar-refractivity contribution < 1.29 is 4.74 Å². The molecule has 0 aliphatic carbocycles. The Labute approximate surface area is 106 Å². The predicted octanol–water partition coefficient (Wildman–Crippen LogP) is 0.357. The third-order valence-corrected chi connectivity index (χ3v) is 3.21. The quantitative estimate of drug-likeness (QED) is 0.809. The van der Waals surface area contributed by atoms with Crippen LogP contribution in [-0.2, 0) is 0 Å². The number of ether oxygens (including phenoxy) is 1. The number of rotatable bonds is 4. The summed E-state index contributed by atoms with van der Waals surface area (Å²) in [5, 5.41) is 3.44. The number of piperidine rings is 1. The summed E-state index contributed by atoms with van der Waals surface area (Å²) in [5.41, 5.74) is -0.229. The van der Waals surface area contributed by atoms with E-state index in [1.54, 1.807) is 0 Å². The Morgan fingerprint density at radius 2 is 2.50 bits per heavy atom. The van der Waals surface area contributed by atoms with Gasteiger partial charge in [-0.15, -0.1) is 0 Å². The van der Waals surface area contributed by atoms with Gasteiger partial charge in [0.2, 0.25) is 5.75 Å². The first-order chi connectivity index (χ1) is 8.76. The van der Waals surface area contributed by atoms with Crippen molar-refractivity contribution in [3.05, 3.63) is 16.7 Å². The summed E-state index contributed by atoms with van der Waals surface area (Å²) in [7, 11) is 1.50. The number of hydrogen-bond acceptors (Lipinski definition) is 5. The zero-order valence-corrected chi connectivity index (χ0v) is 10.9. The van der Waals surface area contributed by atoms with Gasteiger partial charge in [0.05, 0.1) is 13.4 Å². The Hall–Kier alpha value is -1.56. The number of nitrogens with zero attached hydrogens (tertiary/aromatic N) is 2. The van der Waals surface area contributed by atoms with Gasteiger partial charge in [-0.05, 0) is 19.4 Å². The van der Waals surface area contributed by atoms with Crippen LogP contribution >= 0.6 is 0 Å². The second-order valence-electron chi connectivity index (χ2n) is 4.43. The van der Waals surface area contributed by atoms with Crippen LogP contribution in [0.3, 0.4) is 0 Å².